The summed E-state index contributed by atoms with van der Waals surface area (Å²) in [5.41, 5.74) is 7.08. The van der Waals surface area contributed by atoms with Crippen molar-refractivity contribution >= 4 is 57.2 Å². The number of ether oxygens (including phenoxy) is 4. The predicted molar refractivity (Wildman–Crippen MR) is 243 cm³/mol. The first-order valence-corrected chi connectivity index (χ1v) is 23.1. The van der Waals surface area contributed by atoms with Crippen LogP contribution in [0.15, 0.2) is 69.7 Å². The number of carbonyl (C=O) groups is 2. The predicted octanol–water partition coefficient (Wildman–Crippen LogP) is 8.66. The minimum absolute atomic E-state index is 0.0710. The maximum atomic E-state index is 13.7. The highest BCUT2D eigenvalue weighted by Gasteiger charge is 2.36. The van der Waals surface area contributed by atoms with Gasteiger partial charge in [-0.3, -0.25) is 24.6 Å². The number of aryl methyl sites for hydroxylation is 1. The van der Waals surface area contributed by atoms with Gasteiger partial charge in [0.1, 0.15) is 13.2 Å². The summed E-state index contributed by atoms with van der Waals surface area (Å²) >= 11 is 0. The highest BCUT2D eigenvalue weighted by Crippen LogP contribution is 2.41. The molecule has 2 atom stereocenters. The smallest absolute Gasteiger partial charge is 0.257 e. The summed E-state index contributed by atoms with van der Waals surface area (Å²) < 4.78 is 24.5. The molecule has 4 aliphatic rings. The van der Waals surface area contributed by atoms with Gasteiger partial charge in [0.15, 0.2) is 23.0 Å². The molecule has 2 fully saturated rings. The van der Waals surface area contributed by atoms with Crippen molar-refractivity contribution in [3.8, 4) is 23.0 Å². The third-order valence-electron chi connectivity index (χ3n) is 11.3. The van der Waals surface area contributed by atoms with Crippen LogP contribution in [0.5, 0.6) is 23.0 Å². The number of pyridine rings is 1. The van der Waals surface area contributed by atoms with Gasteiger partial charge in [0.2, 0.25) is 0 Å². The summed E-state index contributed by atoms with van der Waals surface area (Å²) in [4.78, 5) is 47.9. The van der Waals surface area contributed by atoms with E-state index in [1.54, 1.807) is 49.3 Å². The van der Waals surface area contributed by atoms with Crippen molar-refractivity contribution in [2.45, 2.75) is 83.4 Å². The molecule has 1 unspecified atom stereocenters. The number of methoxy groups -OCH3 is 2. The SMILES string of the molecule is C/C=C1\CC2C=Nc3cc(OCc4cc(CCCN(C)CC(C)(C)SSC)cc(COc5cc6c(cc5OC)C(=O)N5C/C(=C/C)C[C@H]5C=N6)n4)c(OC)cc3C(=O)N2C1. The molecule has 5 heterocycles. The zero-order valence-electron chi connectivity index (χ0n) is 35.9. The van der Waals surface area contributed by atoms with Crippen LogP contribution in [0.1, 0.15) is 84.6 Å². The number of allylic oxidation sites excluding steroid dienone is 2. The molecule has 0 radical (unpaired) electrons. The molecule has 2 aromatic carbocycles. The van der Waals surface area contributed by atoms with E-state index in [9.17, 15) is 9.59 Å². The molecule has 1 aromatic heterocycles. The van der Waals surface area contributed by atoms with E-state index >= 15 is 0 Å². The standard InChI is InChI=1S/C46H56N6O6S2/c1-9-29-16-34-22-47-38-20-42(40(55-6)18-36(38)44(53)51(34)24-29)57-26-32-14-31(12-11-13-50(5)28-46(3,4)60-59-8)15-33(49-32)27-58-43-21-39-37(19-41(43)56-7)45(54)52-25-30(10-2)17-35(52)23-48-39/h9-10,14-15,18-23,34-35H,11-13,16-17,24-28H2,1-8H3/b29-9+,30-10+/t34-,35?/m0/s1. The molecule has 4 aliphatic heterocycles. The molecule has 0 bridgehead atoms. The van der Waals surface area contributed by atoms with Crippen LogP contribution in [0.4, 0.5) is 11.4 Å². The molecule has 14 heteroatoms. The van der Waals surface area contributed by atoms with E-state index in [-0.39, 0.29) is 41.9 Å². The van der Waals surface area contributed by atoms with E-state index < -0.39 is 0 Å². The number of benzene rings is 2. The van der Waals surface area contributed by atoms with Crippen molar-refractivity contribution < 1.29 is 28.5 Å². The molecular weight excluding hydrogens is 797 g/mol. The fraction of sp³-hybridized carbons (Fsp3) is 0.457. The molecule has 2 amide bonds. The number of nitrogens with zero attached hydrogens (tertiary/aromatic N) is 6. The monoisotopic (exact) mass is 852 g/mol. The van der Waals surface area contributed by atoms with Crippen molar-refractivity contribution in [1.82, 2.24) is 19.7 Å². The summed E-state index contributed by atoms with van der Waals surface area (Å²) in [6.45, 7) is 12.0. The number of hydrogen-bond donors (Lipinski definition) is 0. The van der Waals surface area contributed by atoms with Crippen molar-refractivity contribution in [2.75, 3.05) is 53.7 Å². The van der Waals surface area contributed by atoms with E-state index in [4.69, 9.17) is 33.9 Å². The molecule has 60 heavy (non-hydrogen) atoms. The number of carbonyl (C=O) groups excluding carboxylic acids is 2. The number of hydrogen-bond acceptors (Lipinski definition) is 12. The molecule has 318 valence electrons. The Kier molecular flexibility index (Phi) is 13.6. The number of aromatic nitrogens is 1. The van der Waals surface area contributed by atoms with Crippen LogP contribution in [0, 0.1) is 0 Å². The molecule has 0 N–H and O–H groups in total. The number of amides is 2. The van der Waals surface area contributed by atoms with Gasteiger partial charge in [-0.05, 0) is 103 Å². The van der Waals surface area contributed by atoms with Crippen LogP contribution in [0.3, 0.4) is 0 Å². The van der Waals surface area contributed by atoms with Crippen LogP contribution in [0.2, 0.25) is 0 Å². The molecule has 0 saturated carbocycles. The van der Waals surface area contributed by atoms with Crippen LogP contribution in [-0.4, -0.2) is 114 Å². The first-order chi connectivity index (χ1) is 28.9. The third-order valence-corrected chi connectivity index (χ3v) is 13.9. The maximum absolute atomic E-state index is 13.7. The summed E-state index contributed by atoms with van der Waals surface area (Å²) in [5, 5.41) is 0. The average molecular weight is 853 g/mol. The summed E-state index contributed by atoms with van der Waals surface area (Å²) in [7, 11) is 9.02. The second kappa shape index (κ2) is 18.9. The zero-order chi connectivity index (χ0) is 42.6. The highest BCUT2D eigenvalue weighted by molar-refractivity contribution is 8.77. The van der Waals surface area contributed by atoms with Gasteiger partial charge in [-0.2, -0.15) is 0 Å². The minimum Gasteiger partial charge on any atom is -0.493 e. The largest absolute Gasteiger partial charge is 0.493 e. The van der Waals surface area contributed by atoms with E-state index in [0.717, 1.165) is 55.7 Å². The van der Waals surface area contributed by atoms with Crippen LogP contribution < -0.4 is 18.9 Å². The van der Waals surface area contributed by atoms with Gasteiger partial charge in [-0.25, -0.2) is 0 Å². The molecule has 2 saturated heterocycles. The lowest BCUT2D eigenvalue weighted by Gasteiger charge is -2.28. The van der Waals surface area contributed by atoms with Gasteiger partial charge in [-0.1, -0.05) is 44.9 Å². The van der Waals surface area contributed by atoms with Crippen molar-refractivity contribution in [3.63, 3.8) is 0 Å². The van der Waals surface area contributed by atoms with E-state index in [0.29, 0.717) is 58.6 Å². The van der Waals surface area contributed by atoms with E-state index in [2.05, 4.69) is 56.3 Å². The molecular formula is C46H56N6O6S2. The Morgan fingerprint density at radius 3 is 1.73 bits per heavy atom. The topological polar surface area (TPSA) is 118 Å². The fourth-order valence-corrected chi connectivity index (χ4v) is 10.6. The van der Waals surface area contributed by atoms with Crippen molar-refractivity contribution in [2.24, 2.45) is 9.98 Å². The van der Waals surface area contributed by atoms with Gasteiger partial charge < -0.3 is 33.6 Å². The molecule has 7 rings (SSSR count). The number of fused-ring (bicyclic) bond motifs is 4. The van der Waals surface area contributed by atoms with Crippen LogP contribution in [-0.2, 0) is 19.6 Å². The second-order valence-corrected chi connectivity index (χ2v) is 19.4. The Labute approximate surface area is 361 Å². The molecule has 0 spiro atoms. The third kappa shape index (κ3) is 9.71. The summed E-state index contributed by atoms with van der Waals surface area (Å²) in [6.07, 6.45) is 13.3. The first kappa shape index (κ1) is 43.3. The lowest BCUT2D eigenvalue weighted by atomic mass is 10.1. The number of rotatable bonds is 16. The van der Waals surface area contributed by atoms with Crippen LogP contribution in [0.25, 0.3) is 0 Å². The lowest BCUT2D eigenvalue weighted by Crippen LogP contribution is -2.35. The zero-order valence-corrected chi connectivity index (χ0v) is 37.6. The lowest BCUT2D eigenvalue weighted by molar-refractivity contribution is 0.0769. The van der Waals surface area contributed by atoms with Crippen LogP contribution >= 0.6 is 21.6 Å². The Morgan fingerprint density at radius 1 is 0.783 bits per heavy atom. The maximum Gasteiger partial charge on any atom is 0.257 e. The quantitative estimate of drug-likeness (QED) is 0.102. The summed E-state index contributed by atoms with van der Waals surface area (Å²) in [5.74, 6) is 1.71. The Morgan fingerprint density at radius 2 is 1.28 bits per heavy atom. The minimum atomic E-state index is -0.0787. The van der Waals surface area contributed by atoms with Gasteiger partial charge in [-0.15, -0.1) is 0 Å². The normalized spacial score (nSPS) is 19.7. The molecule has 0 aliphatic carbocycles. The Bertz CT molecular complexity index is 2100. The Balaban J connectivity index is 1.12. The van der Waals surface area contributed by atoms with Gasteiger partial charge >= 0.3 is 0 Å². The van der Waals surface area contributed by atoms with Gasteiger partial charge in [0, 0.05) is 48.9 Å². The molecule has 3 aromatic rings. The second-order valence-electron chi connectivity index (χ2n) is 16.3. The van der Waals surface area contributed by atoms with Gasteiger partial charge in [0.05, 0.1) is 60.2 Å². The summed E-state index contributed by atoms with van der Waals surface area (Å²) in [6, 6.07) is 11.0. The fourth-order valence-electron chi connectivity index (χ4n) is 8.38. The highest BCUT2D eigenvalue weighted by atomic mass is 33.1. The molecule has 12 nitrogen and oxygen atoms in total. The van der Waals surface area contributed by atoms with E-state index in [1.807, 2.05) is 46.9 Å². The Hall–Kier alpha value is -4.79. The average Bonchev–Trinajstić information content (AvgIpc) is 3.80. The van der Waals surface area contributed by atoms with Crippen molar-refractivity contribution in [1.29, 1.82) is 0 Å². The van der Waals surface area contributed by atoms with Gasteiger partial charge in [0.25, 0.3) is 11.8 Å². The first-order valence-electron chi connectivity index (χ1n) is 20.5. The van der Waals surface area contributed by atoms with Crippen molar-refractivity contribution in [3.05, 3.63) is 87.8 Å². The number of aliphatic imine (C=N–C) groups is 2. The van der Waals surface area contributed by atoms with E-state index in [1.165, 1.54) is 11.1 Å².